The summed E-state index contributed by atoms with van der Waals surface area (Å²) in [7, 11) is 1.67. The smallest absolute Gasteiger partial charge is 0.229 e. The molecule has 1 heterocycles. The number of amides is 1. The Morgan fingerprint density at radius 3 is 2.54 bits per heavy atom. The zero-order valence-electron chi connectivity index (χ0n) is 16.3. The molecular weight excluding hydrogens is 352 g/mol. The van der Waals surface area contributed by atoms with Crippen molar-refractivity contribution in [2.24, 2.45) is 5.41 Å². The van der Waals surface area contributed by atoms with Crippen LogP contribution in [-0.2, 0) is 22.6 Å². The van der Waals surface area contributed by atoms with Gasteiger partial charge >= 0.3 is 0 Å². The van der Waals surface area contributed by atoms with Gasteiger partial charge in [-0.15, -0.1) is 0 Å². The minimum absolute atomic E-state index is 0.153. The number of carbonyl (C=O) groups excluding carboxylic acids is 1. The summed E-state index contributed by atoms with van der Waals surface area (Å²) in [6.07, 6.45) is 2.74. The number of methoxy groups -OCH3 is 1. The highest BCUT2D eigenvalue weighted by molar-refractivity contribution is 5.85. The van der Waals surface area contributed by atoms with Crippen molar-refractivity contribution in [1.29, 1.82) is 0 Å². The molecule has 0 radical (unpaired) electrons. The van der Waals surface area contributed by atoms with Gasteiger partial charge in [-0.25, -0.2) is 0 Å². The second kappa shape index (κ2) is 8.33. The number of benzene rings is 2. The first-order chi connectivity index (χ1) is 13.7. The topological polar surface area (TPSA) is 59.6 Å². The zero-order chi connectivity index (χ0) is 19.4. The van der Waals surface area contributed by atoms with Crippen molar-refractivity contribution in [3.8, 4) is 5.75 Å². The van der Waals surface area contributed by atoms with E-state index in [4.69, 9.17) is 9.47 Å². The molecule has 0 aromatic heterocycles. The van der Waals surface area contributed by atoms with Crippen molar-refractivity contribution in [3.63, 3.8) is 0 Å². The maximum atomic E-state index is 13.0. The van der Waals surface area contributed by atoms with Gasteiger partial charge in [0.1, 0.15) is 5.75 Å². The van der Waals surface area contributed by atoms with Gasteiger partial charge in [0.25, 0.3) is 0 Å². The van der Waals surface area contributed by atoms with E-state index >= 15 is 0 Å². The third-order valence-electron chi connectivity index (χ3n) is 5.84. The Labute approximate surface area is 166 Å². The molecule has 2 aliphatic rings. The molecular formula is C23H28N2O3. The van der Waals surface area contributed by atoms with Crippen LogP contribution in [-0.4, -0.2) is 38.3 Å². The molecule has 2 N–H and O–H groups in total. The Morgan fingerprint density at radius 2 is 1.86 bits per heavy atom. The Morgan fingerprint density at radius 1 is 1.11 bits per heavy atom. The molecule has 4 rings (SSSR count). The number of hydrogen-bond donors (Lipinski definition) is 2. The first-order valence-electron chi connectivity index (χ1n) is 9.97. The second-order valence-corrected chi connectivity index (χ2v) is 7.97. The van der Waals surface area contributed by atoms with Crippen LogP contribution in [0.3, 0.4) is 0 Å². The van der Waals surface area contributed by atoms with Crippen LogP contribution >= 0.6 is 0 Å². The highest BCUT2D eigenvalue weighted by Gasteiger charge is 2.46. The van der Waals surface area contributed by atoms with Crippen LogP contribution in [0.4, 0.5) is 0 Å². The minimum atomic E-state index is -0.359. The summed E-state index contributed by atoms with van der Waals surface area (Å²) in [5, 5.41) is 6.52. The average Bonchev–Trinajstić information content (AvgIpc) is 2.67. The molecule has 0 unspecified atom stereocenters. The molecule has 0 atom stereocenters. The quantitative estimate of drug-likeness (QED) is 0.739. The molecule has 148 valence electrons. The Balaban J connectivity index is 1.26. The summed E-state index contributed by atoms with van der Waals surface area (Å²) in [4.78, 5) is 13.0. The minimum Gasteiger partial charge on any atom is -0.497 e. The van der Waals surface area contributed by atoms with Gasteiger partial charge in [0, 0.05) is 19.1 Å². The summed E-state index contributed by atoms with van der Waals surface area (Å²) < 4.78 is 11.3. The van der Waals surface area contributed by atoms with Crippen molar-refractivity contribution in [3.05, 3.63) is 65.7 Å². The van der Waals surface area contributed by atoms with Crippen molar-refractivity contribution in [1.82, 2.24) is 10.6 Å². The molecule has 28 heavy (non-hydrogen) atoms. The first kappa shape index (κ1) is 19.0. The Kier molecular flexibility index (Phi) is 5.64. The van der Waals surface area contributed by atoms with Gasteiger partial charge in [-0.05, 0) is 42.5 Å². The third-order valence-corrected chi connectivity index (χ3v) is 5.84. The number of hydrogen-bond acceptors (Lipinski definition) is 4. The fraction of sp³-hybridized carbons (Fsp3) is 0.435. The summed E-state index contributed by atoms with van der Waals surface area (Å²) in [6, 6.07) is 18.4. The van der Waals surface area contributed by atoms with E-state index in [2.05, 4.69) is 28.8 Å². The molecule has 5 heteroatoms. The number of nitrogens with one attached hydrogen (secondary N) is 2. The molecule has 1 saturated heterocycles. The van der Waals surface area contributed by atoms with E-state index in [1.54, 1.807) is 7.11 Å². The molecule has 5 nitrogen and oxygen atoms in total. The van der Waals surface area contributed by atoms with Crippen molar-refractivity contribution in [2.75, 3.05) is 20.2 Å². The van der Waals surface area contributed by atoms with Crippen LogP contribution in [0.15, 0.2) is 54.6 Å². The maximum Gasteiger partial charge on any atom is 0.229 e. The van der Waals surface area contributed by atoms with Crippen LogP contribution in [0, 0.1) is 5.41 Å². The fourth-order valence-electron chi connectivity index (χ4n) is 3.91. The predicted octanol–water partition coefficient (Wildman–Crippen LogP) is 2.69. The second-order valence-electron chi connectivity index (χ2n) is 7.97. The fourth-order valence-corrected chi connectivity index (χ4v) is 3.91. The Bertz CT molecular complexity index is 799. The highest BCUT2D eigenvalue weighted by atomic mass is 16.5. The van der Waals surface area contributed by atoms with Crippen LogP contribution < -0.4 is 15.4 Å². The van der Waals surface area contributed by atoms with Crippen molar-refractivity contribution >= 4 is 5.91 Å². The lowest BCUT2D eigenvalue weighted by atomic mass is 9.74. The summed E-state index contributed by atoms with van der Waals surface area (Å²) in [5.74, 6) is 0.985. The number of ether oxygens (including phenoxy) is 2. The molecule has 0 bridgehead atoms. The van der Waals surface area contributed by atoms with E-state index in [0.29, 0.717) is 6.61 Å². The van der Waals surface area contributed by atoms with E-state index in [1.165, 1.54) is 5.56 Å². The molecule has 1 amide bonds. The van der Waals surface area contributed by atoms with Gasteiger partial charge in [0.05, 0.1) is 25.2 Å². The predicted molar refractivity (Wildman–Crippen MR) is 108 cm³/mol. The standard InChI is InChI=1S/C23H28N2O3/c1-27-20-9-5-8-18(10-20)13-23(15-24-16-23)22(26)25-19-11-21(12-19)28-14-17-6-3-2-4-7-17/h2-10,19,21,24H,11-16H2,1H3,(H,25,26). The average molecular weight is 380 g/mol. The lowest BCUT2D eigenvalue weighted by Gasteiger charge is -2.44. The molecule has 2 fully saturated rings. The SMILES string of the molecule is COc1cccc(CC2(C(=O)NC3CC(OCc4ccccc4)C3)CNC2)c1. The zero-order valence-corrected chi connectivity index (χ0v) is 16.3. The molecule has 1 aliphatic heterocycles. The van der Waals surface area contributed by atoms with E-state index in [1.807, 2.05) is 36.4 Å². The molecule has 2 aromatic carbocycles. The third kappa shape index (κ3) is 4.21. The lowest BCUT2D eigenvalue weighted by molar-refractivity contribution is -0.136. The van der Waals surface area contributed by atoms with Gasteiger partial charge in [0.15, 0.2) is 0 Å². The van der Waals surface area contributed by atoms with Crippen LogP contribution in [0.25, 0.3) is 0 Å². The van der Waals surface area contributed by atoms with Crippen LogP contribution in [0.1, 0.15) is 24.0 Å². The molecule has 1 aliphatic carbocycles. The lowest BCUT2D eigenvalue weighted by Crippen LogP contribution is -2.64. The van der Waals surface area contributed by atoms with Gasteiger partial charge in [0.2, 0.25) is 5.91 Å². The first-order valence-corrected chi connectivity index (χ1v) is 9.97. The number of carbonyl (C=O) groups is 1. The maximum absolute atomic E-state index is 13.0. The van der Waals surface area contributed by atoms with Gasteiger partial charge in [-0.2, -0.15) is 0 Å². The summed E-state index contributed by atoms with van der Waals surface area (Å²) >= 11 is 0. The van der Waals surface area contributed by atoms with E-state index in [9.17, 15) is 4.79 Å². The van der Waals surface area contributed by atoms with Gasteiger partial charge < -0.3 is 20.1 Å². The van der Waals surface area contributed by atoms with Gasteiger partial charge in [-0.3, -0.25) is 4.79 Å². The summed E-state index contributed by atoms with van der Waals surface area (Å²) in [5.41, 5.74) is 1.96. The van der Waals surface area contributed by atoms with Crippen molar-refractivity contribution in [2.45, 2.75) is 38.0 Å². The normalized spacial score (nSPS) is 22.6. The molecule has 2 aromatic rings. The van der Waals surface area contributed by atoms with E-state index in [0.717, 1.165) is 43.7 Å². The van der Waals surface area contributed by atoms with Crippen LogP contribution in [0.5, 0.6) is 5.75 Å². The van der Waals surface area contributed by atoms with Gasteiger partial charge in [-0.1, -0.05) is 42.5 Å². The Hall–Kier alpha value is -2.37. The summed E-state index contributed by atoms with van der Waals surface area (Å²) in [6.45, 7) is 2.07. The largest absolute Gasteiger partial charge is 0.497 e. The van der Waals surface area contributed by atoms with Crippen molar-refractivity contribution < 1.29 is 14.3 Å². The van der Waals surface area contributed by atoms with Crippen LogP contribution in [0.2, 0.25) is 0 Å². The number of rotatable bonds is 8. The highest BCUT2D eigenvalue weighted by Crippen LogP contribution is 2.31. The molecule has 0 spiro atoms. The monoisotopic (exact) mass is 380 g/mol. The van der Waals surface area contributed by atoms with E-state index < -0.39 is 0 Å². The van der Waals surface area contributed by atoms with E-state index in [-0.39, 0.29) is 23.5 Å². The molecule has 1 saturated carbocycles.